The number of carboxylic acid groups (broad SMARTS) is 1. The van der Waals surface area contributed by atoms with Gasteiger partial charge in [-0.25, -0.2) is 4.79 Å². The number of aromatic carboxylic acids is 1. The second kappa shape index (κ2) is 6.53. The average Bonchev–Trinajstić information content (AvgIpc) is 2.92. The highest BCUT2D eigenvalue weighted by Crippen LogP contribution is 2.24. The summed E-state index contributed by atoms with van der Waals surface area (Å²) in [5.74, 6) is -1.29. The van der Waals surface area contributed by atoms with E-state index in [1.54, 1.807) is 6.07 Å². The molecule has 2 rings (SSSR count). The standard InChI is InChI=1S/C14H19N3O4/c1-2-16-7-3-4-11(16)9-15-10-5-6-12(14(18)19)13(8-10)17(20)21/h5-6,8,11,15H,2-4,7,9H2,1H3,(H,18,19). The van der Waals surface area contributed by atoms with Gasteiger partial charge >= 0.3 is 5.97 Å². The zero-order chi connectivity index (χ0) is 15.4. The summed E-state index contributed by atoms with van der Waals surface area (Å²) >= 11 is 0. The molecule has 7 nitrogen and oxygen atoms in total. The zero-order valence-corrected chi connectivity index (χ0v) is 11.9. The molecule has 0 amide bonds. The molecule has 1 aliphatic heterocycles. The number of nitrogens with one attached hydrogen (secondary N) is 1. The van der Waals surface area contributed by atoms with E-state index in [-0.39, 0.29) is 11.3 Å². The van der Waals surface area contributed by atoms with Gasteiger partial charge in [0.1, 0.15) is 5.56 Å². The number of nitro groups is 1. The SMILES string of the molecule is CCN1CCCC1CNc1ccc(C(=O)O)c([N+](=O)[O-])c1. The molecule has 21 heavy (non-hydrogen) atoms. The molecule has 1 aromatic rings. The van der Waals surface area contributed by atoms with E-state index >= 15 is 0 Å². The number of likely N-dealkylation sites (N-methyl/N-ethyl adjacent to an activating group) is 1. The number of rotatable bonds is 6. The van der Waals surface area contributed by atoms with E-state index in [1.165, 1.54) is 12.1 Å². The number of likely N-dealkylation sites (tertiary alicyclic amines) is 1. The zero-order valence-electron chi connectivity index (χ0n) is 11.9. The predicted molar refractivity (Wildman–Crippen MR) is 78.8 cm³/mol. The number of hydrogen-bond acceptors (Lipinski definition) is 5. The molecular weight excluding hydrogens is 274 g/mol. The summed E-state index contributed by atoms with van der Waals surface area (Å²) in [5, 5.41) is 23.1. The third kappa shape index (κ3) is 3.49. The van der Waals surface area contributed by atoms with Crippen LogP contribution in [-0.4, -0.2) is 46.6 Å². The Morgan fingerprint density at radius 3 is 2.95 bits per heavy atom. The van der Waals surface area contributed by atoms with Gasteiger partial charge in [-0.05, 0) is 38.1 Å². The van der Waals surface area contributed by atoms with E-state index in [0.29, 0.717) is 18.3 Å². The number of anilines is 1. The van der Waals surface area contributed by atoms with E-state index in [4.69, 9.17) is 5.11 Å². The lowest BCUT2D eigenvalue weighted by Gasteiger charge is -2.23. The number of nitro benzene ring substituents is 1. The lowest BCUT2D eigenvalue weighted by molar-refractivity contribution is -0.385. The monoisotopic (exact) mass is 293 g/mol. The average molecular weight is 293 g/mol. The fraction of sp³-hybridized carbons (Fsp3) is 0.500. The van der Waals surface area contributed by atoms with Crippen LogP contribution in [-0.2, 0) is 0 Å². The highest BCUT2D eigenvalue weighted by atomic mass is 16.6. The van der Waals surface area contributed by atoms with E-state index in [9.17, 15) is 14.9 Å². The second-order valence-corrected chi connectivity index (χ2v) is 5.10. The Morgan fingerprint density at radius 1 is 1.57 bits per heavy atom. The van der Waals surface area contributed by atoms with Gasteiger partial charge in [0, 0.05) is 24.3 Å². The topological polar surface area (TPSA) is 95.7 Å². The van der Waals surface area contributed by atoms with Crippen molar-refractivity contribution in [2.24, 2.45) is 0 Å². The molecule has 114 valence electrons. The van der Waals surface area contributed by atoms with Crippen molar-refractivity contribution in [1.82, 2.24) is 4.90 Å². The minimum Gasteiger partial charge on any atom is -0.477 e. The van der Waals surface area contributed by atoms with E-state index in [1.807, 2.05) is 0 Å². The van der Waals surface area contributed by atoms with Crippen molar-refractivity contribution < 1.29 is 14.8 Å². The molecule has 1 saturated heterocycles. The minimum atomic E-state index is -1.29. The first kappa shape index (κ1) is 15.2. The molecule has 1 heterocycles. The largest absolute Gasteiger partial charge is 0.477 e. The molecule has 0 bridgehead atoms. The molecule has 1 unspecified atom stereocenters. The van der Waals surface area contributed by atoms with Crippen molar-refractivity contribution in [2.45, 2.75) is 25.8 Å². The fourth-order valence-electron chi connectivity index (χ4n) is 2.75. The first-order chi connectivity index (χ1) is 10.0. The van der Waals surface area contributed by atoms with Gasteiger partial charge in [0.05, 0.1) is 4.92 Å². The molecule has 1 fully saturated rings. The maximum atomic E-state index is 11.0. The van der Waals surface area contributed by atoms with E-state index in [2.05, 4.69) is 17.1 Å². The Kier molecular flexibility index (Phi) is 4.74. The highest BCUT2D eigenvalue weighted by Gasteiger charge is 2.23. The van der Waals surface area contributed by atoms with Crippen LogP contribution in [0.4, 0.5) is 11.4 Å². The molecule has 0 spiro atoms. The van der Waals surface area contributed by atoms with Crippen LogP contribution in [0.3, 0.4) is 0 Å². The van der Waals surface area contributed by atoms with Crippen molar-refractivity contribution in [3.8, 4) is 0 Å². The van der Waals surface area contributed by atoms with Crippen LogP contribution < -0.4 is 5.32 Å². The third-order valence-electron chi connectivity index (χ3n) is 3.87. The van der Waals surface area contributed by atoms with Gasteiger partial charge in [0.25, 0.3) is 5.69 Å². The van der Waals surface area contributed by atoms with Crippen molar-refractivity contribution >= 4 is 17.3 Å². The normalized spacial score (nSPS) is 18.6. The number of benzene rings is 1. The smallest absolute Gasteiger partial charge is 0.342 e. The van der Waals surface area contributed by atoms with Gasteiger partial charge in [-0.3, -0.25) is 15.0 Å². The molecule has 7 heteroatoms. The molecule has 1 aromatic carbocycles. The second-order valence-electron chi connectivity index (χ2n) is 5.10. The van der Waals surface area contributed by atoms with Crippen molar-refractivity contribution in [3.05, 3.63) is 33.9 Å². The van der Waals surface area contributed by atoms with Crippen molar-refractivity contribution in [2.75, 3.05) is 25.0 Å². The first-order valence-electron chi connectivity index (χ1n) is 7.02. The number of carbonyl (C=O) groups is 1. The van der Waals surface area contributed by atoms with Gasteiger partial charge in [0.2, 0.25) is 0 Å². The first-order valence-corrected chi connectivity index (χ1v) is 7.02. The van der Waals surface area contributed by atoms with Crippen molar-refractivity contribution in [1.29, 1.82) is 0 Å². The lowest BCUT2D eigenvalue weighted by Crippen LogP contribution is -2.34. The summed E-state index contributed by atoms with van der Waals surface area (Å²) in [6, 6.07) is 4.55. The van der Waals surface area contributed by atoms with Crippen LogP contribution in [0, 0.1) is 10.1 Å². The molecule has 0 saturated carbocycles. The summed E-state index contributed by atoms with van der Waals surface area (Å²) in [6.45, 7) is 4.90. The van der Waals surface area contributed by atoms with Gasteiger partial charge in [-0.15, -0.1) is 0 Å². The lowest BCUT2D eigenvalue weighted by atomic mass is 10.1. The Balaban J connectivity index is 2.09. The number of nitrogens with zero attached hydrogens (tertiary/aromatic N) is 2. The Bertz CT molecular complexity index is 547. The van der Waals surface area contributed by atoms with Crippen LogP contribution in [0.1, 0.15) is 30.1 Å². The number of carboxylic acids is 1. The molecular formula is C14H19N3O4. The summed E-state index contributed by atoms with van der Waals surface area (Å²) in [7, 11) is 0. The Hall–Kier alpha value is -2.15. The molecule has 0 aromatic heterocycles. The molecule has 1 atom stereocenters. The Labute approximate surface area is 122 Å². The predicted octanol–water partition coefficient (Wildman–Crippen LogP) is 2.19. The summed E-state index contributed by atoms with van der Waals surface area (Å²) in [4.78, 5) is 23.6. The van der Waals surface area contributed by atoms with Gasteiger partial charge in [-0.1, -0.05) is 6.92 Å². The summed E-state index contributed by atoms with van der Waals surface area (Å²) < 4.78 is 0. The maximum absolute atomic E-state index is 11.0. The molecule has 0 aliphatic carbocycles. The van der Waals surface area contributed by atoms with Crippen molar-refractivity contribution in [3.63, 3.8) is 0 Å². The highest BCUT2D eigenvalue weighted by molar-refractivity contribution is 5.93. The van der Waals surface area contributed by atoms with Crippen LogP contribution >= 0.6 is 0 Å². The maximum Gasteiger partial charge on any atom is 0.342 e. The van der Waals surface area contributed by atoms with Crippen LogP contribution in [0.5, 0.6) is 0 Å². The van der Waals surface area contributed by atoms with Gasteiger partial charge in [-0.2, -0.15) is 0 Å². The number of hydrogen-bond donors (Lipinski definition) is 2. The molecule has 0 radical (unpaired) electrons. The van der Waals surface area contributed by atoms with E-state index in [0.717, 1.165) is 25.9 Å². The van der Waals surface area contributed by atoms with Crippen LogP contribution in [0.25, 0.3) is 0 Å². The summed E-state index contributed by atoms with van der Waals surface area (Å²) in [5.41, 5.74) is -0.0949. The Morgan fingerprint density at radius 2 is 2.33 bits per heavy atom. The van der Waals surface area contributed by atoms with Gasteiger partial charge < -0.3 is 10.4 Å². The molecule has 2 N–H and O–H groups in total. The van der Waals surface area contributed by atoms with Crippen LogP contribution in [0.15, 0.2) is 18.2 Å². The van der Waals surface area contributed by atoms with E-state index < -0.39 is 10.9 Å². The quantitative estimate of drug-likeness (QED) is 0.616. The molecule has 1 aliphatic rings. The van der Waals surface area contributed by atoms with Crippen LogP contribution in [0.2, 0.25) is 0 Å². The third-order valence-corrected chi connectivity index (χ3v) is 3.87. The van der Waals surface area contributed by atoms with Gasteiger partial charge in [0.15, 0.2) is 0 Å². The minimum absolute atomic E-state index is 0.290. The fourth-order valence-corrected chi connectivity index (χ4v) is 2.75. The summed E-state index contributed by atoms with van der Waals surface area (Å²) in [6.07, 6.45) is 2.27.